The van der Waals surface area contributed by atoms with Crippen molar-refractivity contribution in [3.63, 3.8) is 0 Å². The molecule has 112 valence electrons. The maximum Gasteiger partial charge on any atom is 0.397 e. The number of alkyl halides is 3. The molecule has 1 aromatic carbocycles. The SMILES string of the molecule is O=C(CC(F)(F)F)N[C@H](c1ccc(Cl)cc1)c1ncon1. The lowest BCUT2D eigenvalue weighted by molar-refractivity contribution is -0.154. The number of rotatable bonds is 4. The van der Waals surface area contributed by atoms with E-state index in [-0.39, 0.29) is 5.82 Å². The van der Waals surface area contributed by atoms with Gasteiger partial charge in [0.05, 0.1) is 0 Å². The molecule has 21 heavy (non-hydrogen) atoms. The van der Waals surface area contributed by atoms with Crippen LogP contribution in [0.15, 0.2) is 35.2 Å². The van der Waals surface area contributed by atoms with Gasteiger partial charge in [0.25, 0.3) is 0 Å². The molecule has 0 spiro atoms. The van der Waals surface area contributed by atoms with Crippen LogP contribution in [0.4, 0.5) is 13.2 Å². The fourth-order valence-electron chi connectivity index (χ4n) is 1.65. The summed E-state index contributed by atoms with van der Waals surface area (Å²) < 4.78 is 41.2. The van der Waals surface area contributed by atoms with Gasteiger partial charge in [-0.25, -0.2) is 0 Å². The van der Waals surface area contributed by atoms with Crippen LogP contribution in [0, 0.1) is 0 Å². The lowest BCUT2D eigenvalue weighted by atomic mass is 10.1. The molecular formula is C12H9ClF3N3O2. The number of halogens is 4. The number of hydrogen-bond donors (Lipinski definition) is 1. The largest absolute Gasteiger partial charge is 0.397 e. The smallest absolute Gasteiger partial charge is 0.343 e. The second-order valence-electron chi connectivity index (χ2n) is 4.13. The predicted molar refractivity (Wildman–Crippen MR) is 66.4 cm³/mol. The van der Waals surface area contributed by atoms with Crippen molar-refractivity contribution in [1.82, 2.24) is 15.5 Å². The number of nitrogens with zero attached hydrogens (tertiary/aromatic N) is 2. The van der Waals surface area contributed by atoms with Gasteiger partial charge in [-0.05, 0) is 17.7 Å². The highest BCUT2D eigenvalue weighted by atomic mass is 35.5. The fraction of sp³-hybridized carbons (Fsp3) is 0.250. The lowest BCUT2D eigenvalue weighted by Gasteiger charge is -2.16. The normalized spacial score (nSPS) is 13.0. The summed E-state index contributed by atoms with van der Waals surface area (Å²) in [6, 6.07) is 5.24. The number of carbonyl (C=O) groups excluding carboxylic acids is 1. The third-order valence-electron chi connectivity index (χ3n) is 2.51. The zero-order chi connectivity index (χ0) is 15.5. The number of hydrogen-bond acceptors (Lipinski definition) is 4. The van der Waals surface area contributed by atoms with Crippen LogP contribution in [0.2, 0.25) is 5.02 Å². The van der Waals surface area contributed by atoms with Crippen molar-refractivity contribution < 1.29 is 22.5 Å². The van der Waals surface area contributed by atoms with Crippen molar-refractivity contribution in [2.24, 2.45) is 0 Å². The molecule has 1 atom stereocenters. The number of nitrogens with one attached hydrogen (secondary N) is 1. The molecule has 0 aliphatic rings. The molecule has 0 unspecified atom stereocenters. The predicted octanol–water partition coefficient (Wildman–Crippen LogP) is 2.88. The van der Waals surface area contributed by atoms with E-state index in [0.29, 0.717) is 10.6 Å². The summed E-state index contributed by atoms with van der Waals surface area (Å²) in [5.74, 6) is -1.14. The van der Waals surface area contributed by atoms with Gasteiger partial charge < -0.3 is 9.84 Å². The molecule has 0 aliphatic heterocycles. The van der Waals surface area contributed by atoms with Crippen LogP contribution in [0.3, 0.4) is 0 Å². The second kappa shape index (κ2) is 6.13. The van der Waals surface area contributed by atoms with Gasteiger partial charge in [-0.15, -0.1) is 0 Å². The first-order valence-electron chi connectivity index (χ1n) is 5.73. The van der Waals surface area contributed by atoms with Crippen molar-refractivity contribution >= 4 is 17.5 Å². The summed E-state index contributed by atoms with van der Waals surface area (Å²) in [5.41, 5.74) is 0.483. The van der Waals surface area contributed by atoms with Crippen LogP contribution in [0.1, 0.15) is 23.9 Å². The zero-order valence-electron chi connectivity index (χ0n) is 10.4. The fourth-order valence-corrected chi connectivity index (χ4v) is 1.78. The highest BCUT2D eigenvalue weighted by molar-refractivity contribution is 6.30. The molecule has 0 saturated carbocycles. The molecule has 5 nitrogen and oxygen atoms in total. The summed E-state index contributed by atoms with van der Waals surface area (Å²) in [4.78, 5) is 15.2. The Balaban J connectivity index is 2.22. The van der Waals surface area contributed by atoms with E-state index in [9.17, 15) is 18.0 Å². The van der Waals surface area contributed by atoms with Gasteiger partial charge in [0.15, 0.2) is 5.82 Å². The van der Waals surface area contributed by atoms with E-state index in [2.05, 4.69) is 20.0 Å². The Bertz CT molecular complexity index is 599. The monoisotopic (exact) mass is 319 g/mol. The minimum Gasteiger partial charge on any atom is -0.343 e. The van der Waals surface area contributed by atoms with Crippen LogP contribution in [-0.4, -0.2) is 22.2 Å². The van der Waals surface area contributed by atoms with E-state index in [1.165, 1.54) is 0 Å². The molecule has 1 heterocycles. The topological polar surface area (TPSA) is 68.0 Å². The van der Waals surface area contributed by atoms with Gasteiger partial charge in [0, 0.05) is 5.02 Å². The highest BCUT2D eigenvalue weighted by Crippen LogP contribution is 2.23. The van der Waals surface area contributed by atoms with Crippen LogP contribution >= 0.6 is 11.6 Å². The molecule has 2 aromatic rings. The summed E-state index contributed by atoms with van der Waals surface area (Å²) in [6.07, 6.45) is -5.16. The average Bonchev–Trinajstić information content (AvgIpc) is 2.88. The Morgan fingerprint density at radius 1 is 1.33 bits per heavy atom. The van der Waals surface area contributed by atoms with Crippen molar-refractivity contribution in [3.05, 3.63) is 47.1 Å². The van der Waals surface area contributed by atoms with E-state index in [0.717, 1.165) is 6.39 Å². The number of aromatic nitrogens is 2. The lowest BCUT2D eigenvalue weighted by Crippen LogP contribution is -2.33. The van der Waals surface area contributed by atoms with Gasteiger partial charge in [0.1, 0.15) is 12.5 Å². The molecule has 0 bridgehead atoms. The average molecular weight is 320 g/mol. The first-order valence-corrected chi connectivity index (χ1v) is 6.11. The van der Waals surface area contributed by atoms with Gasteiger partial charge in [-0.1, -0.05) is 28.9 Å². The Hall–Kier alpha value is -2.09. The summed E-state index contributed by atoms with van der Waals surface area (Å²) in [6.45, 7) is 0. The molecule has 9 heteroatoms. The van der Waals surface area contributed by atoms with E-state index in [1.54, 1.807) is 24.3 Å². The second-order valence-corrected chi connectivity index (χ2v) is 4.57. The summed E-state index contributed by atoms with van der Waals surface area (Å²) >= 11 is 5.75. The molecule has 1 N–H and O–H groups in total. The van der Waals surface area contributed by atoms with E-state index in [1.807, 2.05) is 0 Å². The minimum atomic E-state index is -4.59. The Kier molecular flexibility index (Phi) is 4.46. The van der Waals surface area contributed by atoms with Gasteiger partial charge >= 0.3 is 6.18 Å². The van der Waals surface area contributed by atoms with Crippen LogP contribution in [0.5, 0.6) is 0 Å². The first-order chi connectivity index (χ1) is 9.85. The molecule has 0 saturated heterocycles. The Labute approximate surface area is 122 Å². The third-order valence-corrected chi connectivity index (χ3v) is 2.76. The van der Waals surface area contributed by atoms with E-state index >= 15 is 0 Å². The van der Waals surface area contributed by atoms with E-state index < -0.39 is 24.5 Å². The molecule has 1 amide bonds. The summed E-state index contributed by atoms with van der Waals surface area (Å²) in [7, 11) is 0. The van der Waals surface area contributed by atoms with Gasteiger partial charge in [-0.3, -0.25) is 4.79 Å². The van der Waals surface area contributed by atoms with Crippen LogP contribution in [-0.2, 0) is 4.79 Å². The van der Waals surface area contributed by atoms with Crippen LogP contribution in [0.25, 0.3) is 0 Å². The van der Waals surface area contributed by atoms with Crippen molar-refractivity contribution in [1.29, 1.82) is 0 Å². The van der Waals surface area contributed by atoms with Crippen LogP contribution < -0.4 is 5.32 Å². The quantitative estimate of drug-likeness (QED) is 0.941. The number of benzene rings is 1. The van der Waals surface area contributed by atoms with E-state index in [4.69, 9.17) is 11.6 Å². The Morgan fingerprint density at radius 3 is 2.52 bits per heavy atom. The molecule has 1 aromatic heterocycles. The van der Waals surface area contributed by atoms with Gasteiger partial charge in [0.2, 0.25) is 12.3 Å². The van der Waals surface area contributed by atoms with Crippen molar-refractivity contribution in [3.8, 4) is 0 Å². The molecule has 0 fully saturated rings. The maximum absolute atomic E-state index is 12.2. The Morgan fingerprint density at radius 2 is 2.00 bits per heavy atom. The molecule has 0 radical (unpaired) electrons. The van der Waals surface area contributed by atoms with Crippen molar-refractivity contribution in [2.75, 3.05) is 0 Å². The molecule has 0 aliphatic carbocycles. The third kappa shape index (κ3) is 4.45. The van der Waals surface area contributed by atoms with Gasteiger partial charge in [-0.2, -0.15) is 18.2 Å². The summed E-state index contributed by atoms with van der Waals surface area (Å²) in [5, 5.41) is 6.23. The highest BCUT2D eigenvalue weighted by Gasteiger charge is 2.33. The first kappa shape index (κ1) is 15.3. The zero-order valence-corrected chi connectivity index (χ0v) is 11.1. The standard InChI is InChI=1S/C12H9ClF3N3O2/c13-8-3-1-7(2-4-8)10(11-17-6-21-19-11)18-9(20)5-12(14,15)16/h1-4,6,10H,5H2,(H,18,20)/t10-/m1/s1. The number of carbonyl (C=O) groups is 1. The minimum absolute atomic E-state index is 0.0489. The maximum atomic E-state index is 12.2. The number of amides is 1. The molecular weight excluding hydrogens is 311 g/mol. The molecule has 2 rings (SSSR count). The van der Waals surface area contributed by atoms with Crippen molar-refractivity contribution in [2.45, 2.75) is 18.6 Å².